The minimum Gasteiger partial charge on any atom is -0.394 e. The van der Waals surface area contributed by atoms with Crippen molar-refractivity contribution in [3.05, 3.63) is 0 Å². The first-order valence-electron chi connectivity index (χ1n) is 5.62. The van der Waals surface area contributed by atoms with Gasteiger partial charge in [0.05, 0.1) is 6.61 Å². The summed E-state index contributed by atoms with van der Waals surface area (Å²) in [7, 11) is 2.71. The zero-order valence-electron chi connectivity index (χ0n) is 11.2. The molecule has 0 heterocycles. The molecule has 0 aliphatic carbocycles. The van der Waals surface area contributed by atoms with Crippen molar-refractivity contribution in [2.75, 3.05) is 27.3 Å². The lowest BCUT2D eigenvalue weighted by atomic mass is 10.0. The first kappa shape index (κ1) is 28.8. The molecule has 4 unspecified atom stereocenters. The zero-order valence-corrected chi connectivity index (χ0v) is 11.2. The Hall–Kier alpha value is -1.30. The predicted octanol–water partition coefficient (Wildman–Crippen LogP) is -3.83. The SMILES string of the molecule is C.C.CNC(=O)C(O)C(O)C(O)C(O)CO.CNC(=O)CO. The molecule has 0 fully saturated rings. The van der Waals surface area contributed by atoms with Crippen LogP contribution >= 0.6 is 0 Å². The van der Waals surface area contributed by atoms with Crippen LogP contribution in [0.5, 0.6) is 0 Å². The number of rotatable bonds is 6. The van der Waals surface area contributed by atoms with E-state index in [0.717, 1.165) is 0 Å². The summed E-state index contributed by atoms with van der Waals surface area (Å²) in [5.41, 5.74) is 0. The molecule has 0 aliphatic rings. The van der Waals surface area contributed by atoms with Crippen LogP contribution in [0.1, 0.15) is 14.9 Å². The highest BCUT2D eigenvalue weighted by Crippen LogP contribution is 2.04. The number of aliphatic hydroxyl groups excluding tert-OH is 6. The quantitative estimate of drug-likeness (QED) is 0.244. The highest BCUT2D eigenvalue weighted by atomic mass is 16.4. The molecule has 0 bridgehead atoms. The fourth-order valence-electron chi connectivity index (χ4n) is 0.904. The Kier molecular flexibility index (Phi) is 21.1. The van der Waals surface area contributed by atoms with Crippen molar-refractivity contribution in [3.63, 3.8) is 0 Å². The third kappa shape index (κ3) is 11.4. The third-order valence-corrected chi connectivity index (χ3v) is 2.19. The lowest BCUT2D eigenvalue weighted by Crippen LogP contribution is -2.51. The van der Waals surface area contributed by atoms with Crippen molar-refractivity contribution in [2.24, 2.45) is 0 Å². The van der Waals surface area contributed by atoms with E-state index in [1.165, 1.54) is 14.1 Å². The second kappa shape index (κ2) is 16.1. The minimum absolute atomic E-state index is 0. The molecule has 0 aromatic rings. The molecule has 0 saturated heterocycles. The maximum absolute atomic E-state index is 10.8. The Morgan fingerprint density at radius 2 is 1.36 bits per heavy atom. The topological polar surface area (TPSA) is 180 Å². The number of likely N-dealkylation sites (N-methyl/N-ethyl adjacent to an activating group) is 2. The Balaban J connectivity index is -0.000000174. The van der Waals surface area contributed by atoms with Crippen LogP contribution in [0.15, 0.2) is 0 Å². The fraction of sp³-hybridized carbons (Fsp3) is 0.833. The molecular weight excluding hydrogens is 300 g/mol. The van der Waals surface area contributed by atoms with Gasteiger partial charge in [0.2, 0.25) is 5.91 Å². The summed E-state index contributed by atoms with van der Waals surface area (Å²) in [5.74, 6) is -1.24. The van der Waals surface area contributed by atoms with Gasteiger partial charge in [-0.3, -0.25) is 9.59 Å². The number of carbonyl (C=O) groups excluding carboxylic acids is 2. The molecule has 0 aromatic heterocycles. The molecule has 10 nitrogen and oxygen atoms in total. The summed E-state index contributed by atoms with van der Waals surface area (Å²) in [6, 6.07) is 0. The van der Waals surface area contributed by atoms with Crippen molar-refractivity contribution in [2.45, 2.75) is 39.3 Å². The monoisotopic (exact) mass is 330 g/mol. The van der Waals surface area contributed by atoms with Gasteiger partial charge in [-0.15, -0.1) is 0 Å². The largest absolute Gasteiger partial charge is 0.394 e. The van der Waals surface area contributed by atoms with E-state index in [9.17, 15) is 9.59 Å². The van der Waals surface area contributed by atoms with Crippen LogP contribution in [-0.2, 0) is 9.59 Å². The smallest absolute Gasteiger partial charge is 0.251 e. The Morgan fingerprint density at radius 1 is 0.909 bits per heavy atom. The van der Waals surface area contributed by atoms with Gasteiger partial charge in [0.1, 0.15) is 24.9 Å². The van der Waals surface area contributed by atoms with E-state index in [1.54, 1.807) is 0 Å². The van der Waals surface area contributed by atoms with Gasteiger partial charge in [-0.1, -0.05) is 14.9 Å². The van der Waals surface area contributed by atoms with Crippen LogP contribution in [0.3, 0.4) is 0 Å². The fourth-order valence-corrected chi connectivity index (χ4v) is 0.904. The van der Waals surface area contributed by atoms with Crippen molar-refractivity contribution >= 4 is 11.8 Å². The lowest BCUT2D eigenvalue weighted by Gasteiger charge is -2.24. The molecule has 10 heteroatoms. The third-order valence-electron chi connectivity index (χ3n) is 2.19. The summed E-state index contributed by atoms with van der Waals surface area (Å²) in [4.78, 5) is 20.6. The molecule has 0 rings (SSSR count). The van der Waals surface area contributed by atoms with Crippen LogP contribution in [-0.4, -0.2) is 94.2 Å². The number of aliphatic hydroxyl groups is 6. The molecule has 0 radical (unpaired) electrons. The number of nitrogens with one attached hydrogen (secondary N) is 2. The average Bonchev–Trinajstić information content (AvgIpc) is 2.50. The Bertz CT molecular complexity index is 284. The summed E-state index contributed by atoms with van der Waals surface area (Å²) in [6.07, 6.45) is -7.09. The molecule has 136 valence electrons. The Labute approximate surface area is 130 Å². The van der Waals surface area contributed by atoms with E-state index < -0.39 is 43.5 Å². The van der Waals surface area contributed by atoms with Crippen LogP contribution in [0.2, 0.25) is 0 Å². The van der Waals surface area contributed by atoms with Gasteiger partial charge in [-0.25, -0.2) is 0 Å². The van der Waals surface area contributed by atoms with E-state index in [4.69, 9.17) is 30.6 Å². The van der Waals surface area contributed by atoms with E-state index >= 15 is 0 Å². The summed E-state index contributed by atoms with van der Waals surface area (Å²) in [5, 5.41) is 56.9. The summed E-state index contributed by atoms with van der Waals surface area (Å²) >= 11 is 0. The predicted molar refractivity (Wildman–Crippen MR) is 79.8 cm³/mol. The van der Waals surface area contributed by atoms with Gasteiger partial charge < -0.3 is 41.3 Å². The van der Waals surface area contributed by atoms with Gasteiger partial charge in [0, 0.05) is 14.1 Å². The van der Waals surface area contributed by atoms with Crippen molar-refractivity contribution < 1.29 is 40.2 Å². The molecule has 4 atom stereocenters. The first-order valence-corrected chi connectivity index (χ1v) is 5.62. The van der Waals surface area contributed by atoms with Crippen molar-refractivity contribution in [3.8, 4) is 0 Å². The maximum Gasteiger partial charge on any atom is 0.251 e. The Morgan fingerprint density at radius 3 is 1.59 bits per heavy atom. The van der Waals surface area contributed by atoms with Gasteiger partial charge in [-0.2, -0.15) is 0 Å². The molecule has 8 N–H and O–H groups in total. The molecular formula is C12H30N2O8. The number of amides is 2. The van der Waals surface area contributed by atoms with Crippen LogP contribution in [0.25, 0.3) is 0 Å². The van der Waals surface area contributed by atoms with E-state index in [1.807, 2.05) is 0 Å². The van der Waals surface area contributed by atoms with Crippen LogP contribution < -0.4 is 10.6 Å². The summed E-state index contributed by atoms with van der Waals surface area (Å²) in [6.45, 7) is -1.20. The second-order valence-electron chi connectivity index (χ2n) is 3.62. The highest BCUT2D eigenvalue weighted by molar-refractivity contribution is 5.80. The van der Waals surface area contributed by atoms with E-state index in [0.29, 0.717) is 0 Å². The van der Waals surface area contributed by atoms with Gasteiger partial charge in [-0.05, 0) is 0 Å². The average molecular weight is 330 g/mol. The van der Waals surface area contributed by atoms with Gasteiger partial charge in [0.25, 0.3) is 5.91 Å². The van der Waals surface area contributed by atoms with Crippen molar-refractivity contribution in [1.82, 2.24) is 10.6 Å². The standard InChI is InChI=1S/C7H15NO6.C3H7NO2.2CH4/c1-8-7(14)6(13)5(12)4(11)3(10)2-9;1-4-3(6)2-5;;/h3-6,9-13H,2H2,1H3,(H,8,14);5H,2H2,1H3,(H,4,6);2*1H4. The maximum atomic E-state index is 10.8. The van der Waals surface area contributed by atoms with Crippen LogP contribution in [0, 0.1) is 0 Å². The van der Waals surface area contributed by atoms with E-state index in [2.05, 4.69) is 10.6 Å². The van der Waals surface area contributed by atoms with Gasteiger partial charge in [0.15, 0.2) is 6.10 Å². The number of hydrogen-bond donors (Lipinski definition) is 8. The minimum atomic E-state index is -1.85. The zero-order chi connectivity index (χ0) is 16.3. The molecule has 0 aliphatic heterocycles. The normalized spacial score (nSPS) is 14.5. The second-order valence-corrected chi connectivity index (χ2v) is 3.62. The van der Waals surface area contributed by atoms with Crippen LogP contribution in [0.4, 0.5) is 0 Å². The van der Waals surface area contributed by atoms with Gasteiger partial charge >= 0.3 is 0 Å². The molecule has 0 spiro atoms. The number of carbonyl (C=O) groups is 2. The highest BCUT2D eigenvalue weighted by Gasteiger charge is 2.33. The van der Waals surface area contributed by atoms with Crippen molar-refractivity contribution in [1.29, 1.82) is 0 Å². The molecule has 22 heavy (non-hydrogen) atoms. The molecule has 0 aromatic carbocycles. The summed E-state index contributed by atoms with van der Waals surface area (Å²) < 4.78 is 0. The van der Waals surface area contributed by atoms with E-state index in [-0.39, 0.29) is 20.8 Å². The molecule has 2 amide bonds. The first-order chi connectivity index (χ1) is 9.26. The lowest BCUT2D eigenvalue weighted by molar-refractivity contribution is -0.148. The number of hydrogen-bond acceptors (Lipinski definition) is 8. The molecule has 0 saturated carbocycles.